The average molecular weight is 735 g/mol. The fourth-order valence-electron chi connectivity index (χ4n) is 6.33. The van der Waals surface area contributed by atoms with E-state index in [4.69, 9.17) is 21.1 Å². The summed E-state index contributed by atoms with van der Waals surface area (Å²) >= 11 is 6.27. The van der Waals surface area contributed by atoms with E-state index in [-0.39, 0.29) is 45.7 Å². The first-order chi connectivity index (χ1) is 25.2. The van der Waals surface area contributed by atoms with Crippen LogP contribution in [0, 0.1) is 6.92 Å². The molecule has 52 heavy (non-hydrogen) atoms. The zero-order chi connectivity index (χ0) is 36.6. The van der Waals surface area contributed by atoms with Crippen LogP contribution < -0.4 is 14.8 Å². The van der Waals surface area contributed by atoms with Gasteiger partial charge in [0.15, 0.2) is 5.65 Å². The van der Waals surface area contributed by atoms with E-state index in [2.05, 4.69) is 32.3 Å². The topological polar surface area (TPSA) is 119 Å². The Hall–Kier alpha value is -5.08. The van der Waals surface area contributed by atoms with Gasteiger partial charge in [0.2, 0.25) is 5.91 Å². The first-order valence-corrected chi connectivity index (χ1v) is 17.7. The van der Waals surface area contributed by atoms with Crippen molar-refractivity contribution in [1.29, 1.82) is 0 Å². The van der Waals surface area contributed by atoms with Gasteiger partial charge in [-0.2, -0.15) is 19.0 Å². The molecular formula is C37H41ClF2N8O4. The smallest absolute Gasteiger partial charge is 0.387 e. The number of nitrogens with one attached hydrogen (secondary N) is 1. The maximum Gasteiger partial charge on any atom is 0.387 e. The van der Waals surface area contributed by atoms with Crippen LogP contribution in [0.1, 0.15) is 48.5 Å². The van der Waals surface area contributed by atoms with Crippen LogP contribution in [0.4, 0.5) is 14.5 Å². The number of nitrogens with zero attached hydrogens (tertiary/aromatic N) is 7. The third kappa shape index (κ3) is 9.04. The predicted octanol–water partition coefficient (Wildman–Crippen LogP) is 6.58. The summed E-state index contributed by atoms with van der Waals surface area (Å²) in [5.74, 6) is -0.0528. The van der Waals surface area contributed by atoms with Crippen molar-refractivity contribution in [3.8, 4) is 22.8 Å². The van der Waals surface area contributed by atoms with Crippen LogP contribution in [0.2, 0.25) is 5.02 Å². The number of likely N-dealkylation sites (tertiary alicyclic amines) is 1. The molecule has 0 radical (unpaired) electrons. The highest BCUT2D eigenvalue weighted by Crippen LogP contribution is 2.37. The van der Waals surface area contributed by atoms with E-state index >= 15 is 0 Å². The fourth-order valence-corrected chi connectivity index (χ4v) is 6.50. The van der Waals surface area contributed by atoms with Crippen molar-refractivity contribution in [1.82, 2.24) is 34.2 Å². The van der Waals surface area contributed by atoms with Gasteiger partial charge in [-0.1, -0.05) is 42.6 Å². The van der Waals surface area contributed by atoms with Crippen molar-refractivity contribution in [3.63, 3.8) is 0 Å². The van der Waals surface area contributed by atoms with Crippen molar-refractivity contribution in [2.24, 2.45) is 0 Å². The molecule has 6 rings (SSSR count). The molecular weight excluding hydrogens is 694 g/mol. The van der Waals surface area contributed by atoms with Crippen molar-refractivity contribution >= 4 is 34.7 Å². The van der Waals surface area contributed by atoms with Crippen molar-refractivity contribution in [2.45, 2.75) is 58.7 Å². The van der Waals surface area contributed by atoms with Gasteiger partial charge >= 0.3 is 6.61 Å². The number of piperidine rings is 1. The van der Waals surface area contributed by atoms with Gasteiger partial charge in [0.1, 0.15) is 35.9 Å². The number of unbranched alkanes of at least 4 members (excludes halogenated alkanes) is 1. The number of carbonyl (C=O) groups is 2. The fraction of sp³-hybridized carbons (Fsp3) is 0.378. The third-order valence-corrected chi connectivity index (χ3v) is 9.28. The molecule has 15 heteroatoms. The maximum absolute atomic E-state index is 13.6. The Balaban J connectivity index is 1.15. The van der Waals surface area contributed by atoms with Gasteiger partial charge in [-0.15, -0.1) is 0 Å². The summed E-state index contributed by atoms with van der Waals surface area (Å²) in [4.78, 5) is 35.6. The van der Waals surface area contributed by atoms with Crippen LogP contribution in [0.25, 0.3) is 16.9 Å². The molecule has 1 fully saturated rings. The molecule has 0 bridgehead atoms. The second-order valence-electron chi connectivity index (χ2n) is 12.7. The lowest BCUT2D eigenvalue weighted by Gasteiger charge is -2.38. The van der Waals surface area contributed by atoms with Gasteiger partial charge < -0.3 is 19.7 Å². The Bertz CT molecular complexity index is 1980. The number of halogens is 3. The molecule has 3 aromatic heterocycles. The zero-order valence-corrected chi connectivity index (χ0v) is 29.8. The maximum atomic E-state index is 13.6. The van der Waals surface area contributed by atoms with Crippen molar-refractivity contribution in [2.75, 3.05) is 38.1 Å². The number of ether oxygens (including phenoxy) is 2. The number of benzene rings is 2. The van der Waals surface area contributed by atoms with Gasteiger partial charge in [-0.25, -0.2) is 9.50 Å². The van der Waals surface area contributed by atoms with E-state index in [1.165, 1.54) is 51.6 Å². The summed E-state index contributed by atoms with van der Waals surface area (Å²) in [5.41, 5.74) is 2.07. The molecule has 0 saturated carbocycles. The van der Waals surface area contributed by atoms with E-state index in [1.807, 2.05) is 36.1 Å². The number of amides is 2. The molecule has 4 heterocycles. The Labute approximate surface area is 305 Å². The molecule has 0 aliphatic carbocycles. The summed E-state index contributed by atoms with van der Waals surface area (Å²) < 4.78 is 40.4. The molecule has 1 N–H and O–H groups in total. The standard InChI is InChI=1S/C37H41ClF2N8O4/c1-3-4-15-45(19-20-51-28-9-6-25(2)7-10-28)27-12-17-46(18-13-27)33(49)24-47-23-31(43-36(50)30-22-42-48-16-5-14-41-35(30)48)34(44-47)29-21-26(38)8-11-32(29)52-37(39)40/h5-11,14,16,21-23,27,37H,3-4,12-13,15,17-20,24H2,1-2H3,(H,43,50). The lowest BCUT2D eigenvalue weighted by Crippen LogP contribution is -2.48. The molecule has 12 nitrogen and oxygen atoms in total. The number of hydrogen-bond acceptors (Lipinski definition) is 8. The SMILES string of the molecule is CCCCN(CCOc1ccc(C)cc1)C1CCN(C(=O)Cn2cc(NC(=O)c3cnn4cccnc34)c(-c3cc(Cl)ccc3OC(F)F)n2)CC1. The second kappa shape index (κ2) is 17.0. The first-order valence-electron chi connectivity index (χ1n) is 17.3. The number of rotatable bonds is 15. The predicted molar refractivity (Wildman–Crippen MR) is 193 cm³/mol. The Morgan fingerprint density at radius 1 is 1.12 bits per heavy atom. The number of aryl methyl sites for hydroxylation is 1. The number of carbonyl (C=O) groups excluding carboxylic acids is 2. The first kappa shape index (κ1) is 36.7. The minimum absolute atomic E-state index is 0.0989. The lowest BCUT2D eigenvalue weighted by atomic mass is 10.0. The summed E-state index contributed by atoms with van der Waals surface area (Å²) in [6.45, 7) is 4.45. The largest absolute Gasteiger partial charge is 0.492 e. The molecule has 5 aromatic rings. The van der Waals surface area contributed by atoms with Gasteiger partial charge in [0.25, 0.3) is 5.91 Å². The molecule has 274 valence electrons. The van der Waals surface area contributed by atoms with Gasteiger partial charge in [0.05, 0.1) is 11.9 Å². The van der Waals surface area contributed by atoms with Crippen molar-refractivity contribution < 1.29 is 27.8 Å². The molecule has 0 unspecified atom stereocenters. The minimum atomic E-state index is -3.12. The van der Waals surface area contributed by atoms with Crippen LogP contribution in [0.3, 0.4) is 0 Å². The quantitative estimate of drug-likeness (QED) is 0.128. The van der Waals surface area contributed by atoms with E-state index in [1.54, 1.807) is 12.3 Å². The Kier molecular flexibility index (Phi) is 12.0. The highest BCUT2D eigenvalue weighted by Gasteiger charge is 2.28. The summed E-state index contributed by atoms with van der Waals surface area (Å²) in [7, 11) is 0. The van der Waals surface area contributed by atoms with Crippen molar-refractivity contribution in [3.05, 3.63) is 89.5 Å². The molecule has 1 aliphatic rings. The molecule has 0 atom stereocenters. The van der Waals surface area contributed by atoms with E-state index in [0.717, 1.165) is 44.5 Å². The van der Waals surface area contributed by atoms with Gasteiger partial charge in [-0.3, -0.25) is 19.2 Å². The summed E-state index contributed by atoms with van der Waals surface area (Å²) in [5, 5.41) is 11.8. The normalized spacial score (nSPS) is 13.6. The van der Waals surface area contributed by atoms with Crippen LogP contribution in [0.15, 0.2) is 73.3 Å². The highest BCUT2D eigenvalue weighted by atomic mass is 35.5. The number of anilines is 1. The Morgan fingerprint density at radius 2 is 1.90 bits per heavy atom. The second-order valence-corrected chi connectivity index (χ2v) is 13.1. The number of alkyl halides is 2. The number of fused-ring (bicyclic) bond motifs is 1. The van der Waals surface area contributed by atoms with Crippen LogP contribution in [0.5, 0.6) is 11.5 Å². The minimum Gasteiger partial charge on any atom is -0.492 e. The molecule has 0 spiro atoms. The third-order valence-electron chi connectivity index (χ3n) is 9.04. The monoisotopic (exact) mass is 734 g/mol. The molecule has 1 saturated heterocycles. The average Bonchev–Trinajstić information content (AvgIpc) is 3.75. The summed E-state index contributed by atoms with van der Waals surface area (Å²) in [6.07, 6.45) is 9.85. The van der Waals surface area contributed by atoms with E-state index < -0.39 is 12.5 Å². The lowest BCUT2D eigenvalue weighted by molar-refractivity contribution is -0.133. The molecule has 2 aromatic carbocycles. The number of hydrogen-bond donors (Lipinski definition) is 1. The van der Waals surface area contributed by atoms with Gasteiger partial charge in [-0.05, 0) is 69.1 Å². The summed E-state index contributed by atoms with van der Waals surface area (Å²) in [6, 6.07) is 14.2. The van der Waals surface area contributed by atoms with Gasteiger partial charge in [0, 0.05) is 54.9 Å². The highest BCUT2D eigenvalue weighted by molar-refractivity contribution is 6.31. The van der Waals surface area contributed by atoms with Crippen LogP contribution in [-0.4, -0.2) is 91.4 Å². The van der Waals surface area contributed by atoms with E-state index in [0.29, 0.717) is 31.4 Å². The molecule has 2 amide bonds. The van der Waals surface area contributed by atoms with E-state index in [9.17, 15) is 18.4 Å². The van der Waals surface area contributed by atoms with Crippen LogP contribution in [-0.2, 0) is 11.3 Å². The number of aromatic nitrogens is 5. The van der Waals surface area contributed by atoms with Crippen LogP contribution >= 0.6 is 11.6 Å². The Morgan fingerprint density at radius 3 is 2.65 bits per heavy atom. The zero-order valence-electron chi connectivity index (χ0n) is 29.1. The molecule has 1 aliphatic heterocycles.